The van der Waals surface area contributed by atoms with Gasteiger partial charge in [0.15, 0.2) is 0 Å². The van der Waals surface area contributed by atoms with Crippen LogP contribution in [0.5, 0.6) is 0 Å². The first-order chi connectivity index (χ1) is 5.26. The van der Waals surface area contributed by atoms with E-state index in [1.54, 1.807) is 13.0 Å². The molecule has 0 fully saturated rings. The number of hydrogen-bond donors (Lipinski definition) is 0. The fourth-order valence-corrected chi connectivity index (χ4v) is 0.753. The molecule has 3 nitrogen and oxygen atoms in total. The van der Waals surface area contributed by atoms with Gasteiger partial charge in [-0.1, -0.05) is 19.4 Å². The van der Waals surface area contributed by atoms with Crippen LogP contribution in [0.3, 0.4) is 0 Å². The van der Waals surface area contributed by atoms with Gasteiger partial charge >= 0.3 is 12.4 Å². The van der Waals surface area contributed by atoms with Gasteiger partial charge < -0.3 is 4.74 Å². The van der Waals surface area contributed by atoms with Crippen LogP contribution in [0.1, 0.15) is 26.7 Å². The normalized spacial score (nSPS) is 10.9. The molecule has 3 heteroatoms. The molecule has 0 heterocycles. The first kappa shape index (κ1) is 9.88. The first-order valence-corrected chi connectivity index (χ1v) is 3.56. The molecular weight excluding hydrogens is 144 g/mol. The van der Waals surface area contributed by atoms with Gasteiger partial charge in [-0.05, 0) is 13.3 Å². The number of hydrogen-bond acceptors (Lipinski definition) is 3. The summed E-state index contributed by atoms with van der Waals surface area (Å²) in [6, 6.07) is 0. The van der Waals surface area contributed by atoms with Gasteiger partial charge in [-0.15, -0.1) is 0 Å². The molecule has 0 aliphatic heterocycles. The maximum atomic E-state index is 10.8. The zero-order chi connectivity index (χ0) is 8.69. The molecule has 62 valence electrons. The molecule has 0 atom stereocenters. The van der Waals surface area contributed by atoms with E-state index < -0.39 is 5.97 Å². The summed E-state index contributed by atoms with van der Waals surface area (Å²) in [5.74, 6) is -0.538. The van der Waals surface area contributed by atoms with Crippen molar-refractivity contribution in [1.29, 1.82) is 0 Å². The predicted molar refractivity (Wildman–Crippen MR) is 40.8 cm³/mol. The van der Waals surface area contributed by atoms with E-state index in [0.717, 1.165) is 6.42 Å². The lowest BCUT2D eigenvalue weighted by Gasteiger charge is -1.99. The van der Waals surface area contributed by atoms with Crippen LogP contribution in [0, 0.1) is 0 Å². The van der Waals surface area contributed by atoms with Crippen molar-refractivity contribution in [2.45, 2.75) is 26.7 Å². The fraction of sp³-hybridized carbons (Fsp3) is 0.500. The van der Waals surface area contributed by atoms with Crippen LogP contribution in [0.2, 0.25) is 0 Å². The van der Waals surface area contributed by atoms with Gasteiger partial charge in [0.2, 0.25) is 0 Å². The molecule has 0 aliphatic carbocycles. The minimum atomic E-state index is -0.538. The molecular formula is C8H12O3. The number of carbonyl (C=O) groups excluding carboxylic acids is 2. The minimum absolute atomic E-state index is 0.154. The van der Waals surface area contributed by atoms with Crippen LogP contribution >= 0.6 is 0 Å². The van der Waals surface area contributed by atoms with Crippen molar-refractivity contribution in [1.82, 2.24) is 0 Å². The fourth-order valence-electron chi connectivity index (χ4n) is 0.753. The second-order valence-electron chi connectivity index (χ2n) is 2.07. The minimum Gasteiger partial charge on any atom is -0.392 e. The van der Waals surface area contributed by atoms with Gasteiger partial charge in [0, 0.05) is 5.57 Å². The number of esters is 1. The summed E-state index contributed by atoms with van der Waals surface area (Å²) in [4.78, 5) is 20.6. The largest absolute Gasteiger partial charge is 0.392 e. The van der Waals surface area contributed by atoms with Gasteiger partial charge in [0.1, 0.15) is 0 Å². The lowest BCUT2D eigenvalue weighted by molar-refractivity contribution is -0.148. The van der Waals surface area contributed by atoms with Gasteiger partial charge in [-0.3, -0.25) is 4.79 Å². The maximum Gasteiger partial charge on any atom is 0.341 e. The van der Waals surface area contributed by atoms with Crippen molar-refractivity contribution < 1.29 is 14.3 Å². The second kappa shape index (κ2) is 5.65. The van der Waals surface area contributed by atoms with Gasteiger partial charge in [-0.2, -0.15) is 0 Å². The standard InChI is InChI=1S/C8H12O3/c1-3-5-7(4-2)8(10)11-6-9/h4,6H,3,5H2,1-2H3. The molecule has 0 N–H and O–H groups in total. The Hall–Kier alpha value is -1.12. The Morgan fingerprint density at radius 2 is 2.18 bits per heavy atom. The second-order valence-corrected chi connectivity index (χ2v) is 2.07. The Morgan fingerprint density at radius 1 is 1.55 bits per heavy atom. The summed E-state index contributed by atoms with van der Waals surface area (Å²) in [5, 5.41) is 0. The summed E-state index contributed by atoms with van der Waals surface area (Å²) in [6.07, 6.45) is 3.19. The van der Waals surface area contributed by atoms with Crippen molar-refractivity contribution in [2.24, 2.45) is 0 Å². The Morgan fingerprint density at radius 3 is 2.55 bits per heavy atom. The van der Waals surface area contributed by atoms with E-state index >= 15 is 0 Å². The van der Waals surface area contributed by atoms with Gasteiger partial charge in [0.05, 0.1) is 0 Å². The van der Waals surface area contributed by atoms with E-state index in [1.165, 1.54) is 0 Å². The van der Waals surface area contributed by atoms with Gasteiger partial charge in [-0.25, -0.2) is 4.79 Å². The van der Waals surface area contributed by atoms with E-state index in [1.807, 2.05) is 6.92 Å². The molecule has 0 saturated heterocycles. The van der Waals surface area contributed by atoms with E-state index in [-0.39, 0.29) is 6.47 Å². The first-order valence-electron chi connectivity index (χ1n) is 3.56. The highest BCUT2D eigenvalue weighted by molar-refractivity contribution is 5.91. The number of rotatable bonds is 4. The van der Waals surface area contributed by atoms with Crippen LogP contribution in [-0.2, 0) is 14.3 Å². The Kier molecular flexibility index (Phi) is 5.07. The summed E-state index contributed by atoms with van der Waals surface area (Å²) in [6.45, 7) is 3.86. The van der Waals surface area contributed by atoms with Crippen molar-refractivity contribution in [3.8, 4) is 0 Å². The average molecular weight is 156 g/mol. The number of ether oxygens (including phenoxy) is 1. The van der Waals surface area contributed by atoms with Crippen molar-refractivity contribution in [2.75, 3.05) is 0 Å². The van der Waals surface area contributed by atoms with E-state index in [4.69, 9.17) is 0 Å². The molecule has 0 spiro atoms. The third-order valence-corrected chi connectivity index (χ3v) is 1.29. The third-order valence-electron chi connectivity index (χ3n) is 1.29. The molecule has 0 amide bonds. The quantitative estimate of drug-likeness (QED) is 0.267. The molecule has 0 radical (unpaired) electrons. The average Bonchev–Trinajstić information content (AvgIpc) is 2.00. The highest BCUT2D eigenvalue weighted by atomic mass is 16.6. The van der Waals surface area contributed by atoms with Crippen LogP contribution in [0.15, 0.2) is 11.6 Å². The highest BCUT2D eigenvalue weighted by Crippen LogP contribution is 2.05. The van der Waals surface area contributed by atoms with Crippen molar-refractivity contribution in [3.05, 3.63) is 11.6 Å². The van der Waals surface area contributed by atoms with E-state index in [2.05, 4.69) is 4.74 Å². The van der Waals surface area contributed by atoms with E-state index in [0.29, 0.717) is 12.0 Å². The number of allylic oxidation sites excluding steroid dienone is 1. The zero-order valence-electron chi connectivity index (χ0n) is 6.79. The molecule has 0 aromatic rings. The molecule has 0 aliphatic rings. The third kappa shape index (κ3) is 3.55. The van der Waals surface area contributed by atoms with Crippen molar-refractivity contribution in [3.63, 3.8) is 0 Å². The van der Waals surface area contributed by atoms with Crippen LogP contribution < -0.4 is 0 Å². The van der Waals surface area contributed by atoms with Crippen LogP contribution in [0.25, 0.3) is 0 Å². The molecule has 11 heavy (non-hydrogen) atoms. The summed E-state index contributed by atoms with van der Waals surface area (Å²) in [5.41, 5.74) is 0.555. The number of carbonyl (C=O) groups is 2. The summed E-state index contributed by atoms with van der Waals surface area (Å²) >= 11 is 0. The summed E-state index contributed by atoms with van der Waals surface area (Å²) in [7, 11) is 0. The van der Waals surface area contributed by atoms with Crippen LogP contribution in [0.4, 0.5) is 0 Å². The monoisotopic (exact) mass is 156 g/mol. The molecule has 0 unspecified atom stereocenters. The predicted octanol–water partition coefficient (Wildman–Crippen LogP) is 1.43. The Labute approximate surface area is 66.0 Å². The SMILES string of the molecule is CC=C(CCC)C(=O)OC=O. The van der Waals surface area contributed by atoms with Gasteiger partial charge in [0.25, 0.3) is 0 Å². The molecule has 0 saturated carbocycles. The lowest BCUT2D eigenvalue weighted by atomic mass is 10.1. The lowest BCUT2D eigenvalue weighted by Crippen LogP contribution is -2.06. The maximum absolute atomic E-state index is 10.8. The Balaban J connectivity index is 4.04. The highest BCUT2D eigenvalue weighted by Gasteiger charge is 2.07. The van der Waals surface area contributed by atoms with Crippen LogP contribution in [-0.4, -0.2) is 12.4 Å². The summed E-state index contributed by atoms with van der Waals surface area (Å²) < 4.78 is 4.16. The Bertz CT molecular complexity index is 170. The zero-order valence-corrected chi connectivity index (χ0v) is 6.79. The molecule has 0 bridgehead atoms. The van der Waals surface area contributed by atoms with E-state index in [9.17, 15) is 9.59 Å². The molecule has 0 rings (SSSR count). The topological polar surface area (TPSA) is 43.4 Å². The molecule has 0 aromatic carbocycles. The smallest absolute Gasteiger partial charge is 0.341 e. The van der Waals surface area contributed by atoms with Crippen molar-refractivity contribution >= 4 is 12.4 Å². The molecule has 0 aromatic heterocycles.